The second-order valence-corrected chi connectivity index (χ2v) is 2.77. The van der Waals surface area contributed by atoms with Crippen LogP contribution >= 0.6 is 0 Å². The number of nitrogens with one attached hydrogen (secondary N) is 1. The topological polar surface area (TPSA) is 66.0 Å². The maximum atomic E-state index is 12.1. The number of pyridine rings is 1. The predicted octanol–water partition coefficient (Wildman–Crippen LogP) is 1.34. The number of nitrogens with two attached hydrogens (primary N) is 1. The van der Waals surface area contributed by atoms with Gasteiger partial charge in [0.15, 0.2) is 5.96 Å². The van der Waals surface area contributed by atoms with Gasteiger partial charge in [-0.15, -0.1) is 0 Å². The monoisotopic (exact) mass is 218 g/mol. The van der Waals surface area contributed by atoms with Crippen LogP contribution in [0.1, 0.15) is 0 Å². The minimum absolute atomic E-state index is 0.00215. The molecule has 7 heteroatoms. The lowest BCUT2D eigenvalue weighted by atomic mass is 10.4. The van der Waals surface area contributed by atoms with Crippen LogP contribution in [0.3, 0.4) is 0 Å². The highest BCUT2D eigenvalue weighted by Crippen LogP contribution is 2.19. The lowest BCUT2D eigenvalue weighted by Crippen LogP contribution is -2.43. The van der Waals surface area contributed by atoms with E-state index in [0.717, 1.165) is 0 Å². The number of guanidine groups is 1. The molecule has 82 valence electrons. The summed E-state index contributed by atoms with van der Waals surface area (Å²) in [5.41, 5.74) is 5.05. The van der Waals surface area contributed by atoms with Crippen LogP contribution < -0.4 is 10.6 Å². The summed E-state index contributed by atoms with van der Waals surface area (Å²) in [5.74, 6) is -0.687. The van der Waals surface area contributed by atoms with E-state index in [1.54, 1.807) is 6.07 Å². The standard InChI is InChI=1S/C8H9F3N4/c9-8(10,11)5-15(7(12)13)6-3-1-2-4-14-6/h1-4H,5H2,(H3,12,13). The first kappa shape index (κ1) is 11.3. The molecule has 0 unspecified atom stereocenters. The highest BCUT2D eigenvalue weighted by atomic mass is 19.4. The smallest absolute Gasteiger partial charge is 0.370 e. The fourth-order valence-corrected chi connectivity index (χ4v) is 0.982. The van der Waals surface area contributed by atoms with Crippen molar-refractivity contribution in [1.82, 2.24) is 4.98 Å². The van der Waals surface area contributed by atoms with Crippen molar-refractivity contribution in [2.75, 3.05) is 11.4 Å². The third-order valence-electron chi connectivity index (χ3n) is 1.55. The minimum atomic E-state index is -4.43. The van der Waals surface area contributed by atoms with Gasteiger partial charge in [-0.2, -0.15) is 13.2 Å². The summed E-state index contributed by atoms with van der Waals surface area (Å²) in [6, 6.07) is 4.44. The molecule has 0 saturated heterocycles. The molecule has 0 aliphatic heterocycles. The summed E-state index contributed by atoms with van der Waals surface area (Å²) >= 11 is 0. The van der Waals surface area contributed by atoms with Gasteiger partial charge in [-0.05, 0) is 12.1 Å². The minimum Gasteiger partial charge on any atom is -0.370 e. The molecule has 1 aromatic heterocycles. The van der Waals surface area contributed by atoms with Crippen molar-refractivity contribution in [2.24, 2.45) is 5.73 Å². The Morgan fingerprint density at radius 2 is 2.13 bits per heavy atom. The Bertz CT molecular complexity index is 335. The molecule has 1 heterocycles. The lowest BCUT2D eigenvalue weighted by molar-refractivity contribution is -0.118. The fourth-order valence-electron chi connectivity index (χ4n) is 0.982. The van der Waals surface area contributed by atoms with E-state index in [9.17, 15) is 13.2 Å². The summed E-state index contributed by atoms with van der Waals surface area (Å²) in [6.45, 7) is -1.32. The van der Waals surface area contributed by atoms with E-state index < -0.39 is 18.7 Å². The Morgan fingerprint density at radius 1 is 1.47 bits per heavy atom. The molecule has 0 aliphatic rings. The van der Waals surface area contributed by atoms with Gasteiger partial charge >= 0.3 is 6.18 Å². The molecule has 4 nitrogen and oxygen atoms in total. The molecule has 0 aliphatic carbocycles. The number of nitrogens with zero attached hydrogens (tertiary/aromatic N) is 2. The van der Waals surface area contributed by atoms with Crippen molar-refractivity contribution in [3.05, 3.63) is 24.4 Å². The number of aromatic nitrogens is 1. The summed E-state index contributed by atoms with van der Waals surface area (Å²) in [7, 11) is 0. The van der Waals surface area contributed by atoms with E-state index in [1.165, 1.54) is 18.3 Å². The van der Waals surface area contributed by atoms with Crippen molar-refractivity contribution in [1.29, 1.82) is 5.41 Å². The number of hydrogen-bond donors (Lipinski definition) is 2. The van der Waals surface area contributed by atoms with Crippen molar-refractivity contribution in [3.63, 3.8) is 0 Å². The molecule has 0 amide bonds. The van der Waals surface area contributed by atoms with E-state index in [1.807, 2.05) is 0 Å². The van der Waals surface area contributed by atoms with E-state index in [4.69, 9.17) is 11.1 Å². The zero-order valence-electron chi connectivity index (χ0n) is 7.62. The maximum Gasteiger partial charge on any atom is 0.406 e. The normalized spacial score (nSPS) is 11.1. The molecule has 0 fully saturated rings. The van der Waals surface area contributed by atoms with Crippen molar-refractivity contribution in [2.45, 2.75) is 6.18 Å². The van der Waals surface area contributed by atoms with Crippen LogP contribution in [0, 0.1) is 5.41 Å². The molecule has 0 bridgehead atoms. The lowest BCUT2D eigenvalue weighted by Gasteiger charge is -2.22. The predicted molar refractivity (Wildman–Crippen MR) is 49.6 cm³/mol. The van der Waals surface area contributed by atoms with Crippen LogP contribution in [0.5, 0.6) is 0 Å². The third-order valence-corrected chi connectivity index (χ3v) is 1.55. The molecular weight excluding hydrogens is 209 g/mol. The van der Waals surface area contributed by atoms with Crippen LogP contribution in [0.4, 0.5) is 19.0 Å². The second kappa shape index (κ2) is 4.16. The first-order valence-corrected chi connectivity index (χ1v) is 3.99. The van der Waals surface area contributed by atoms with Crippen molar-refractivity contribution < 1.29 is 13.2 Å². The van der Waals surface area contributed by atoms with Crippen LogP contribution in [-0.4, -0.2) is 23.7 Å². The Hall–Kier alpha value is -1.79. The first-order chi connectivity index (χ1) is 6.90. The Morgan fingerprint density at radius 3 is 2.53 bits per heavy atom. The van der Waals surface area contributed by atoms with Gasteiger partial charge in [-0.25, -0.2) is 4.98 Å². The van der Waals surface area contributed by atoms with E-state index >= 15 is 0 Å². The number of rotatable bonds is 2. The average Bonchev–Trinajstić information content (AvgIpc) is 2.14. The van der Waals surface area contributed by atoms with Gasteiger partial charge in [0, 0.05) is 6.20 Å². The molecule has 15 heavy (non-hydrogen) atoms. The highest BCUT2D eigenvalue weighted by molar-refractivity contribution is 5.91. The van der Waals surface area contributed by atoms with Gasteiger partial charge in [0.1, 0.15) is 12.4 Å². The van der Waals surface area contributed by atoms with Crippen LogP contribution in [0.25, 0.3) is 0 Å². The zero-order chi connectivity index (χ0) is 11.5. The van der Waals surface area contributed by atoms with Gasteiger partial charge in [0.25, 0.3) is 0 Å². The number of anilines is 1. The average molecular weight is 218 g/mol. The van der Waals surface area contributed by atoms with Gasteiger partial charge in [0.2, 0.25) is 0 Å². The fraction of sp³-hybridized carbons (Fsp3) is 0.250. The summed E-state index contributed by atoms with van der Waals surface area (Å²) in [4.78, 5) is 4.27. The molecule has 0 radical (unpaired) electrons. The largest absolute Gasteiger partial charge is 0.406 e. The molecule has 1 aromatic rings. The molecule has 0 atom stereocenters. The third kappa shape index (κ3) is 3.45. The summed E-state index contributed by atoms with van der Waals surface area (Å²) in [6.07, 6.45) is -3.09. The second-order valence-electron chi connectivity index (χ2n) is 2.77. The molecule has 1 rings (SSSR count). The van der Waals surface area contributed by atoms with Crippen LogP contribution in [0.2, 0.25) is 0 Å². The highest BCUT2D eigenvalue weighted by Gasteiger charge is 2.32. The van der Waals surface area contributed by atoms with E-state index in [0.29, 0.717) is 4.90 Å². The quantitative estimate of drug-likeness (QED) is 0.581. The van der Waals surface area contributed by atoms with Gasteiger partial charge in [-0.1, -0.05) is 6.07 Å². The summed E-state index contributed by atoms with van der Waals surface area (Å²) in [5, 5.41) is 7.03. The van der Waals surface area contributed by atoms with Crippen molar-refractivity contribution in [3.8, 4) is 0 Å². The number of hydrogen-bond acceptors (Lipinski definition) is 2. The van der Waals surface area contributed by atoms with Gasteiger partial charge in [-0.3, -0.25) is 10.3 Å². The molecule has 0 saturated carbocycles. The van der Waals surface area contributed by atoms with Crippen LogP contribution in [0.15, 0.2) is 24.4 Å². The van der Waals surface area contributed by atoms with Gasteiger partial charge < -0.3 is 5.73 Å². The SMILES string of the molecule is N=C(N)N(CC(F)(F)F)c1ccccn1. The van der Waals surface area contributed by atoms with Gasteiger partial charge in [0.05, 0.1) is 0 Å². The number of halogens is 3. The summed E-state index contributed by atoms with van der Waals surface area (Å²) < 4.78 is 36.4. The number of alkyl halides is 3. The zero-order valence-corrected chi connectivity index (χ0v) is 7.62. The molecular formula is C8H9F3N4. The Kier molecular flexibility index (Phi) is 3.13. The van der Waals surface area contributed by atoms with Crippen molar-refractivity contribution >= 4 is 11.8 Å². The maximum absolute atomic E-state index is 12.1. The first-order valence-electron chi connectivity index (χ1n) is 3.99. The van der Waals surface area contributed by atoms with Crippen LogP contribution in [-0.2, 0) is 0 Å². The Labute approximate surface area is 84.0 Å². The van der Waals surface area contributed by atoms with E-state index in [-0.39, 0.29) is 5.82 Å². The molecule has 0 spiro atoms. The molecule has 3 N–H and O–H groups in total. The Balaban J connectivity index is 2.90. The molecule has 0 aromatic carbocycles. The van der Waals surface area contributed by atoms with E-state index in [2.05, 4.69) is 4.98 Å².